The number of guanidine groups is 1. The molecule has 6 nitrogen and oxygen atoms in total. The first-order valence-electron chi connectivity index (χ1n) is 8.34. The minimum atomic E-state index is -3.47. The maximum atomic E-state index is 12.4. The highest BCUT2D eigenvalue weighted by Crippen LogP contribution is 2.24. The molecule has 2 aromatic heterocycles. The van der Waals surface area contributed by atoms with Gasteiger partial charge in [-0.3, -0.25) is 4.99 Å². The van der Waals surface area contributed by atoms with Crippen LogP contribution in [-0.4, -0.2) is 53.0 Å². The Bertz CT molecular complexity index is 832. The standard InChI is InChI=1S/C17H26N4O2S3.HI/c1-13-12-16(14(2)25-13)26(22,23)20-9-8-19-17(18-3)21(4)10-7-15-6-5-11-24-15;/h5-6,11-12,20H,7-10H2,1-4H3,(H,18,19);1H. The maximum absolute atomic E-state index is 12.4. The third-order valence-corrected chi connectivity index (χ3v) is 7.45. The molecule has 0 aliphatic heterocycles. The van der Waals surface area contributed by atoms with Crippen molar-refractivity contribution in [3.05, 3.63) is 38.2 Å². The number of rotatable bonds is 8. The van der Waals surface area contributed by atoms with Crippen LogP contribution in [0.2, 0.25) is 0 Å². The lowest BCUT2D eigenvalue weighted by Gasteiger charge is -2.21. The topological polar surface area (TPSA) is 73.8 Å². The number of nitrogens with zero attached hydrogens (tertiary/aromatic N) is 2. The zero-order chi connectivity index (χ0) is 19.2. The lowest BCUT2D eigenvalue weighted by Crippen LogP contribution is -2.43. The van der Waals surface area contributed by atoms with Crippen LogP contribution in [0.25, 0.3) is 0 Å². The number of thiophene rings is 2. The molecule has 152 valence electrons. The highest BCUT2D eigenvalue weighted by molar-refractivity contribution is 14.0. The molecule has 2 N–H and O–H groups in total. The monoisotopic (exact) mass is 542 g/mol. The van der Waals surface area contributed by atoms with Gasteiger partial charge in [0.25, 0.3) is 0 Å². The average Bonchev–Trinajstić information content (AvgIpc) is 3.22. The van der Waals surface area contributed by atoms with Gasteiger partial charge in [0.2, 0.25) is 10.0 Å². The highest BCUT2D eigenvalue weighted by atomic mass is 127. The number of halogens is 1. The molecule has 0 fully saturated rings. The Morgan fingerprint density at radius 2 is 2.04 bits per heavy atom. The smallest absolute Gasteiger partial charge is 0.241 e. The van der Waals surface area contributed by atoms with E-state index in [4.69, 9.17) is 0 Å². The number of hydrogen-bond acceptors (Lipinski definition) is 5. The molecule has 0 amide bonds. The van der Waals surface area contributed by atoms with Crippen LogP contribution in [0, 0.1) is 13.8 Å². The molecule has 0 spiro atoms. The van der Waals surface area contributed by atoms with Gasteiger partial charge in [0.05, 0.1) is 4.90 Å². The second-order valence-electron chi connectivity index (χ2n) is 5.90. The lowest BCUT2D eigenvalue weighted by molar-refractivity contribution is 0.486. The minimum Gasteiger partial charge on any atom is -0.355 e. The van der Waals surface area contributed by atoms with E-state index in [1.807, 2.05) is 25.8 Å². The van der Waals surface area contributed by atoms with Gasteiger partial charge in [-0.25, -0.2) is 13.1 Å². The molecule has 0 saturated carbocycles. The van der Waals surface area contributed by atoms with Crippen LogP contribution < -0.4 is 10.0 Å². The Labute approximate surface area is 187 Å². The van der Waals surface area contributed by atoms with Gasteiger partial charge in [-0.15, -0.1) is 46.7 Å². The molecule has 2 heterocycles. The second kappa shape index (κ2) is 11.3. The Morgan fingerprint density at radius 3 is 2.59 bits per heavy atom. The maximum Gasteiger partial charge on any atom is 0.241 e. The predicted octanol–water partition coefficient (Wildman–Crippen LogP) is 3.07. The van der Waals surface area contributed by atoms with E-state index in [0.717, 1.165) is 28.7 Å². The Hall–Kier alpha value is -0.690. The summed E-state index contributed by atoms with van der Waals surface area (Å²) in [5, 5.41) is 5.27. The summed E-state index contributed by atoms with van der Waals surface area (Å²) >= 11 is 3.24. The van der Waals surface area contributed by atoms with Gasteiger partial charge in [-0.2, -0.15) is 0 Å². The fraction of sp³-hybridized carbons (Fsp3) is 0.471. The van der Waals surface area contributed by atoms with Crippen LogP contribution >= 0.6 is 46.7 Å². The normalized spacial score (nSPS) is 11.9. The summed E-state index contributed by atoms with van der Waals surface area (Å²) in [7, 11) is 0.238. The Balaban J connectivity index is 0.00000364. The first-order chi connectivity index (χ1) is 12.3. The average molecular weight is 543 g/mol. The molecule has 2 rings (SSSR count). The van der Waals surface area contributed by atoms with E-state index < -0.39 is 10.0 Å². The number of sulfonamides is 1. The number of likely N-dealkylation sites (N-methyl/N-ethyl adjacent to an activating group) is 1. The van der Waals surface area contributed by atoms with Gasteiger partial charge >= 0.3 is 0 Å². The SMILES string of the molecule is CN=C(NCCNS(=O)(=O)c1cc(C)sc1C)N(C)CCc1cccs1.I. The molecule has 0 unspecified atom stereocenters. The third kappa shape index (κ3) is 7.33. The molecule has 0 saturated heterocycles. The fourth-order valence-electron chi connectivity index (χ4n) is 2.54. The summed E-state index contributed by atoms with van der Waals surface area (Å²) < 4.78 is 27.4. The van der Waals surface area contributed by atoms with Crippen molar-refractivity contribution in [2.45, 2.75) is 25.2 Å². The zero-order valence-electron chi connectivity index (χ0n) is 16.0. The van der Waals surface area contributed by atoms with E-state index >= 15 is 0 Å². The van der Waals surface area contributed by atoms with E-state index in [1.165, 1.54) is 16.2 Å². The zero-order valence-corrected chi connectivity index (χ0v) is 20.8. The summed E-state index contributed by atoms with van der Waals surface area (Å²) in [6, 6.07) is 5.89. The second-order valence-corrected chi connectivity index (χ2v) is 10.1. The van der Waals surface area contributed by atoms with Crippen molar-refractivity contribution in [2.75, 3.05) is 33.7 Å². The largest absolute Gasteiger partial charge is 0.355 e. The van der Waals surface area contributed by atoms with Gasteiger partial charge in [-0.1, -0.05) is 6.07 Å². The molecule has 0 aliphatic rings. The summed E-state index contributed by atoms with van der Waals surface area (Å²) in [6.45, 7) is 5.36. The first-order valence-corrected chi connectivity index (χ1v) is 11.5. The van der Waals surface area contributed by atoms with Crippen LogP contribution in [0.5, 0.6) is 0 Å². The number of aryl methyl sites for hydroxylation is 2. The summed E-state index contributed by atoms with van der Waals surface area (Å²) in [4.78, 5) is 9.81. The van der Waals surface area contributed by atoms with Crippen molar-refractivity contribution in [3.63, 3.8) is 0 Å². The molecule has 2 aromatic rings. The van der Waals surface area contributed by atoms with Crippen LogP contribution in [0.3, 0.4) is 0 Å². The van der Waals surface area contributed by atoms with Crippen LogP contribution in [0.4, 0.5) is 0 Å². The first kappa shape index (κ1) is 24.3. The molecule has 0 aliphatic carbocycles. The van der Waals surface area contributed by atoms with Crippen molar-refractivity contribution in [2.24, 2.45) is 4.99 Å². The van der Waals surface area contributed by atoms with Crippen molar-refractivity contribution < 1.29 is 8.42 Å². The Morgan fingerprint density at radius 1 is 1.30 bits per heavy atom. The van der Waals surface area contributed by atoms with Crippen molar-refractivity contribution in [1.82, 2.24) is 14.9 Å². The van der Waals surface area contributed by atoms with Crippen LogP contribution in [-0.2, 0) is 16.4 Å². The fourth-order valence-corrected chi connectivity index (χ4v) is 5.82. The molecule has 0 aromatic carbocycles. The van der Waals surface area contributed by atoms with E-state index in [-0.39, 0.29) is 24.0 Å². The van der Waals surface area contributed by atoms with E-state index in [1.54, 1.807) is 24.5 Å². The van der Waals surface area contributed by atoms with Gasteiger partial charge < -0.3 is 10.2 Å². The predicted molar refractivity (Wildman–Crippen MR) is 126 cm³/mol. The molecular formula is C17H27IN4O2S3. The molecular weight excluding hydrogens is 515 g/mol. The quantitative estimate of drug-likeness (QED) is 0.233. The molecule has 0 atom stereocenters. The molecule has 0 radical (unpaired) electrons. The summed E-state index contributed by atoms with van der Waals surface area (Å²) in [6.07, 6.45) is 0.957. The Kier molecular flexibility index (Phi) is 10.2. The number of hydrogen-bond donors (Lipinski definition) is 2. The molecule has 10 heteroatoms. The van der Waals surface area contributed by atoms with Gasteiger partial charge in [0, 0.05) is 48.4 Å². The van der Waals surface area contributed by atoms with Gasteiger partial charge in [0.15, 0.2) is 5.96 Å². The van der Waals surface area contributed by atoms with E-state index in [0.29, 0.717) is 18.0 Å². The van der Waals surface area contributed by atoms with Crippen molar-refractivity contribution in [1.29, 1.82) is 0 Å². The molecule has 0 bridgehead atoms. The highest BCUT2D eigenvalue weighted by Gasteiger charge is 2.18. The van der Waals surface area contributed by atoms with Crippen molar-refractivity contribution in [3.8, 4) is 0 Å². The summed E-state index contributed by atoms with van der Waals surface area (Å²) in [5.74, 6) is 0.753. The minimum absolute atomic E-state index is 0. The van der Waals surface area contributed by atoms with Gasteiger partial charge in [-0.05, 0) is 37.8 Å². The third-order valence-electron chi connectivity index (χ3n) is 3.83. The van der Waals surface area contributed by atoms with Gasteiger partial charge in [0.1, 0.15) is 0 Å². The lowest BCUT2D eigenvalue weighted by atomic mass is 10.3. The van der Waals surface area contributed by atoms with E-state index in [2.05, 4.69) is 32.5 Å². The van der Waals surface area contributed by atoms with Crippen molar-refractivity contribution >= 4 is 62.6 Å². The number of aliphatic imine (C=N–C) groups is 1. The summed E-state index contributed by atoms with van der Waals surface area (Å²) in [5.41, 5.74) is 0. The van der Waals surface area contributed by atoms with Crippen LogP contribution in [0.15, 0.2) is 33.5 Å². The number of nitrogens with one attached hydrogen (secondary N) is 2. The van der Waals surface area contributed by atoms with Crippen LogP contribution in [0.1, 0.15) is 14.6 Å². The molecule has 27 heavy (non-hydrogen) atoms. The van der Waals surface area contributed by atoms with E-state index in [9.17, 15) is 8.42 Å².